The van der Waals surface area contributed by atoms with Crippen molar-refractivity contribution in [2.24, 2.45) is 0 Å². The lowest BCUT2D eigenvalue weighted by Crippen LogP contribution is -2.47. The van der Waals surface area contributed by atoms with E-state index in [0.29, 0.717) is 19.6 Å². The third kappa shape index (κ3) is 3.13. The topological polar surface area (TPSA) is 85.9 Å². The Balaban J connectivity index is 1.61. The molecule has 1 aliphatic rings. The van der Waals surface area contributed by atoms with Crippen LogP contribution in [0.15, 0.2) is 24.5 Å². The van der Waals surface area contributed by atoms with Crippen LogP contribution in [0.4, 0.5) is 11.5 Å². The summed E-state index contributed by atoms with van der Waals surface area (Å²) in [5.41, 5.74) is 3.14. The first-order chi connectivity index (χ1) is 10.2. The van der Waals surface area contributed by atoms with Gasteiger partial charge in [0, 0.05) is 13.1 Å². The Hall–Kier alpha value is -2.57. The Morgan fingerprint density at radius 2 is 2.29 bits per heavy atom. The summed E-state index contributed by atoms with van der Waals surface area (Å²) in [4.78, 5) is 17.8. The number of amides is 1. The molecule has 0 bridgehead atoms. The average molecular weight is 286 g/mol. The number of nitrogens with one attached hydrogen (secondary N) is 3. The predicted molar refractivity (Wildman–Crippen MR) is 80.1 cm³/mol. The van der Waals surface area contributed by atoms with Gasteiger partial charge in [-0.3, -0.25) is 9.89 Å². The van der Waals surface area contributed by atoms with Crippen LogP contribution in [0.3, 0.4) is 0 Å². The first-order valence-electron chi connectivity index (χ1n) is 6.93. The van der Waals surface area contributed by atoms with Gasteiger partial charge < -0.3 is 15.5 Å². The van der Waals surface area contributed by atoms with E-state index in [9.17, 15) is 4.79 Å². The van der Waals surface area contributed by atoms with Crippen molar-refractivity contribution in [3.8, 4) is 0 Å². The monoisotopic (exact) mass is 286 g/mol. The maximum Gasteiger partial charge on any atom is 0.239 e. The molecule has 0 aliphatic carbocycles. The summed E-state index contributed by atoms with van der Waals surface area (Å²) in [6.45, 7) is 4.55. The SMILES string of the molecule is Cc1cn[nH]c1CNc1ccc(N2CCNC(=O)C2)cn1. The molecule has 2 aromatic heterocycles. The highest BCUT2D eigenvalue weighted by Gasteiger charge is 2.16. The minimum atomic E-state index is 0.0539. The minimum absolute atomic E-state index is 0.0539. The van der Waals surface area contributed by atoms with Crippen molar-refractivity contribution in [2.45, 2.75) is 13.5 Å². The van der Waals surface area contributed by atoms with Gasteiger partial charge in [0.1, 0.15) is 5.82 Å². The van der Waals surface area contributed by atoms with E-state index in [4.69, 9.17) is 0 Å². The second-order valence-electron chi connectivity index (χ2n) is 5.06. The lowest BCUT2D eigenvalue weighted by Gasteiger charge is -2.28. The van der Waals surface area contributed by atoms with Gasteiger partial charge >= 0.3 is 0 Å². The van der Waals surface area contributed by atoms with Crippen molar-refractivity contribution in [1.82, 2.24) is 20.5 Å². The van der Waals surface area contributed by atoms with Gasteiger partial charge in [-0.05, 0) is 24.6 Å². The van der Waals surface area contributed by atoms with Crippen LogP contribution in [0.25, 0.3) is 0 Å². The van der Waals surface area contributed by atoms with Crippen molar-refractivity contribution < 1.29 is 4.79 Å². The van der Waals surface area contributed by atoms with Gasteiger partial charge in [-0.1, -0.05) is 0 Å². The van der Waals surface area contributed by atoms with Gasteiger partial charge in [0.25, 0.3) is 0 Å². The van der Waals surface area contributed by atoms with E-state index in [0.717, 1.165) is 29.3 Å². The number of H-pyrrole nitrogens is 1. The highest BCUT2D eigenvalue weighted by molar-refractivity contribution is 5.82. The number of aryl methyl sites for hydroxylation is 1. The molecule has 3 heterocycles. The number of nitrogens with zero attached hydrogens (tertiary/aromatic N) is 3. The van der Waals surface area contributed by atoms with E-state index < -0.39 is 0 Å². The molecule has 0 spiro atoms. The quantitative estimate of drug-likeness (QED) is 0.769. The van der Waals surface area contributed by atoms with E-state index in [1.54, 1.807) is 12.4 Å². The maximum atomic E-state index is 11.4. The number of piperazine rings is 1. The van der Waals surface area contributed by atoms with Crippen molar-refractivity contribution in [3.05, 3.63) is 35.8 Å². The van der Waals surface area contributed by atoms with Crippen LogP contribution >= 0.6 is 0 Å². The van der Waals surface area contributed by atoms with Crippen LogP contribution in [-0.2, 0) is 11.3 Å². The van der Waals surface area contributed by atoms with E-state index in [-0.39, 0.29) is 5.91 Å². The molecule has 0 aromatic carbocycles. The fourth-order valence-electron chi connectivity index (χ4n) is 2.27. The number of aromatic amines is 1. The first kappa shape index (κ1) is 13.4. The largest absolute Gasteiger partial charge is 0.364 e. The molecule has 1 saturated heterocycles. The van der Waals surface area contributed by atoms with E-state index >= 15 is 0 Å². The predicted octanol–water partition coefficient (Wildman–Crippen LogP) is 0.661. The molecular weight excluding hydrogens is 268 g/mol. The van der Waals surface area contributed by atoms with Crippen molar-refractivity contribution in [2.75, 3.05) is 29.9 Å². The summed E-state index contributed by atoms with van der Waals surface area (Å²) >= 11 is 0. The van der Waals surface area contributed by atoms with Crippen LogP contribution in [0.2, 0.25) is 0 Å². The number of hydrogen-bond acceptors (Lipinski definition) is 5. The zero-order valence-corrected chi connectivity index (χ0v) is 11.9. The van der Waals surface area contributed by atoms with Gasteiger partial charge in [-0.25, -0.2) is 4.98 Å². The molecule has 2 aromatic rings. The molecule has 7 heteroatoms. The molecule has 0 atom stereocenters. The van der Waals surface area contributed by atoms with Crippen molar-refractivity contribution >= 4 is 17.4 Å². The zero-order valence-electron chi connectivity index (χ0n) is 11.9. The minimum Gasteiger partial charge on any atom is -0.364 e. The number of carbonyl (C=O) groups excluding carboxylic acids is 1. The molecule has 7 nitrogen and oxygen atoms in total. The standard InChI is InChI=1S/C14H18N6O/c1-10-6-18-19-12(10)8-17-13-3-2-11(7-16-13)20-5-4-15-14(21)9-20/h2-3,6-7H,4-5,8-9H2,1H3,(H,15,21)(H,16,17)(H,18,19). The van der Waals surface area contributed by atoms with Gasteiger partial charge in [-0.15, -0.1) is 0 Å². The second-order valence-corrected chi connectivity index (χ2v) is 5.06. The molecule has 21 heavy (non-hydrogen) atoms. The lowest BCUT2D eigenvalue weighted by atomic mass is 10.2. The molecule has 110 valence electrons. The third-order valence-electron chi connectivity index (χ3n) is 3.53. The Morgan fingerprint density at radius 1 is 1.38 bits per heavy atom. The molecule has 1 aliphatic heterocycles. The Bertz CT molecular complexity index is 621. The van der Waals surface area contributed by atoms with Gasteiger partial charge in [-0.2, -0.15) is 5.10 Å². The summed E-state index contributed by atoms with van der Waals surface area (Å²) in [6, 6.07) is 3.90. The van der Waals surface area contributed by atoms with Crippen LogP contribution in [-0.4, -0.2) is 40.7 Å². The van der Waals surface area contributed by atoms with E-state index in [1.807, 2.05) is 24.0 Å². The fourth-order valence-corrected chi connectivity index (χ4v) is 2.27. The second kappa shape index (κ2) is 5.82. The summed E-state index contributed by atoms with van der Waals surface area (Å²) < 4.78 is 0. The van der Waals surface area contributed by atoms with Crippen molar-refractivity contribution in [3.63, 3.8) is 0 Å². The molecule has 1 amide bonds. The molecule has 0 radical (unpaired) electrons. The summed E-state index contributed by atoms with van der Waals surface area (Å²) in [6.07, 6.45) is 3.59. The first-order valence-corrected chi connectivity index (χ1v) is 6.93. The molecule has 3 rings (SSSR count). The highest BCUT2D eigenvalue weighted by atomic mass is 16.2. The maximum absolute atomic E-state index is 11.4. The Morgan fingerprint density at radius 3 is 2.95 bits per heavy atom. The van der Waals surface area contributed by atoms with Gasteiger partial charge in [0.05, 0.1) is 36.9 Å². The fraction of sp³-hybridized carbons (Fsp3) is 0.357. The summed E-state index contributed by atoms with van der Waals surface area (Å²) in [7, 11) is 0. The molecule has 1 fully saturated rings. The zero-order chi connectivity index (χ0) is 14.7. The van der Waals surface area contributed by atoms with Crippen molar-refractivity contribution in [1.29, 1.82) is 0 Å². The smallest absolute Gasteiger partial charge is 0.239 e. The van der Waals surface area contributed by atoms with Gasteiger partial charge in [0.15, 0.2) is 0 Å². The molecule has 0 saturated carbocycles. The Labute approximate surface area is 122 Å². The normalized spacial score (nSPS) is 14.9. The summed E-state index contributed by atoms with van der Waals surface area (Å²) in [5, 5.41) is 13.0. The number of carbonyl (C=O) groups is 1. The van der Waals surface area contributed by atoms with E-state index in [1.165, 1.54) is 0 Å². The van der Waals surface area contributed by atoms with Crippen LogP contribution in [0.5, 0.6) is 0 Å². The third-order valence-corrected chi connectivity index (χ3v) is 3.53. The number of anilines is 2. The van der Waals surface area contributed by atoms with Crippen LogP contribution < -0.4 is 15.5 Å². The number of hydrogen-bond donors (Lipinski definition) is 3. The molecule has 0 unspecified atom stereocenters. The number of pyridine rings is 1. The number of rotatable bonds is 4. The lowest BCUT2D eigenvalue weighted by molar-refractivity contribution is -0.120. The number of aromatic nitrogens is 3. The van der Waals surface area contributed by atoms with E-state index in [2.05, 4.69) is 25.8 Å². The highest BCUT2D eigenvalue weighted by Crippen LogP contribution is 2.16. The molecular formula is C14H18N6O. The van der Waals surface area contributed by atoms with Crippen LogP contribution in [0, 0.1) is 6.92 Å². The summed E-state index contributed by atoms with van der Waals surface area (Å²) in [5.74, 6) is 0.854. The van der Waals surface area contributed by atoms with Crippen LogP contribution in [0.1, 0.15) is 11.3 Å². The Kier molecular flexibility index (Phi) is 3.72. The average Bonchev–Trinajstić information content (AvgIpc) is 2.91. The van der Waals surface area contributed by atoms with Gasteiger partial charge in [0.2, 0.25) is 5.91 Å². The molecule has 3 N–H and O–H groups in total.